The molecule has 2 aromatic rings. The largest absolute Gasteiger partial charge is 0.508 e. The molecule has 1 aliphatic rings. The minimum Gasteiger partial charge on any atom is -0.508 e. The number of anilines is 1. The van der Waals surface area contributed by atoms with Crippen LogP contribution in [0.2, 0.25) is 5.02 Å². The van der Waals surface area contributed by atoms with Gasteiger partial charge in [-0.3, -0.25) is 0 Å². The van der Waals surface area contributed by atoms with Crippen molar-refractivity contribution in [1.29, 1.82) is 0 Å². The Morgan fingerprint density at radius 3 is 2.84 bits per heavy atom. The van der Waals surface area contributed by atoms with Gasteiger partial charge in [0.1, 0.15) is 5.75 Å². The number of hydrogen-bond donors (Lipinski definition) is 2. The van der Waals surface area contributed by atoms with Gasteiger partial charge in [0.05, 0.1) is 6.04 Å². The summed E-state index contributed by atoms with van der Waals surface area (Å²) in [4.78, 5) is 0. The van der Waals surface area contributed by atoms with Gasteiger partial charge in [-0.2, -0.15) is 0 Å². The molecule has 4 heteroatoms. The molecular formula is C15H13BrClNO. The number of aryl methyl sites for hydroxylation is 1. The van der Waals surface area contributed by atoms with E-state index in [-0.39, 0.29) is 6.04 Å². The number of aromatic hydroxyl groups is 1. The molecule has 1 heterocycles. The van der Waals surface area contributed by atoms with Crippen LogP contribution in [0.3, 0.4) is 0 Å². The fourth-order valence-corrected chi connectivity index (χ4v) is 3.45. The van der Waals surface area contributed by atoms with Gasteiger partial charge in [0.2, 0.25) is 0 Å². The Kier molecular flexibility index (Phi) is 3.19. The van der Waals surface area contributed by atoms with Crippen LogP contribution in [-0.4, -0.2) is 5.11 Å². The van der Waals surface area contributed by atoms with Crippen molar-refractivity contribution in [2.75, 3.05) is 5.32 Å². The van der Waals surface area contributed by atoms with E-state index in [0.717, 1.165) is 32.7 Å². The molecule has 19 heavy (non-hydrogen) atoms. The molecule has 3 rings (SSSR count). The minimum absolute atomic E-state index is 0.0987. The number of halogens is 2. The molecule has 2 N–H and O–H groups in total. The van der Waals surface area contributed by atoms with Crippen molar-refractivity contribution in [2.45, 2.75) is 19.4 Å². The Balaban J connectivity index is 1.99. The number of rotatable bonds is 1. The summed E-state index contributed by atoms with van der Waals surface area (Å²) < 4.78 is 0.893. The van der Waals surface area contributed by atoms with Crippen LogP contribution >= 0.6 is 27.5 Å². The van der Waals surface area contributed by atoms with Crippen molar-refractivity contribution in [2.24, 2.45) is 0 Å². The Hall–Kier alpha value is -1.19. The molecular weight excluding hydrogens is 326 g/mol. The van der Waals surface area contributed by atoms with Crippen LogP contribution in [0.4, 0.5) is 5.69 Å². The molecule has 0 fully saturated rings. The first kappa shape index (κ1) is 12.8. The maximum absolute atomic E-state index is 10.2. The number of phenols is 1. The second-order valence-corrected chi connectivity index (χ2v) is 6.21. The van der Waals surface area contributed by atoms with E-state index in [1.165, 1.54) is 5.56 Å². The molecule has 0 aliphatic carbocycles. The monoisotopic (exact) mass is 337 g/mol. The van der Waals surface area contributed by atoms with Crippen LogP contribution in [0.25, 0.3) is 0 Å². The third kappa shape index (κ3) is 2.33. The van der Waals surface area contributed by atoms with E-state index < -0.39 is 0 Å². The SMILES string of the molecule is Cc1cc(Br)cc(O)c1[C@@H]1Cc2cc(Cl)ccc2N1. The standard InChI is InChI=1S/C15H13BrClNO/c1-8-4-10(16)7-14(19)15(8)13-6-9-5-11(17)2-3-12(9)18-13/h2-5,7,13,18-19H,6H2,1H3/t13-/m0/s1. The lowest BCUT2D eigenvalue weighted by Gasteiger charge is -2.16. The van der Waals surface area contributed by atoms with Crippen LogP contribution in [0.5, 0.6) is 5.75 Å². The lowest BCUT2D eigenvalue weighted by atomic mass is 9.97. The topological polar surface area (TPSA) is 32.3 Å². The van der Waals surface area contributed by atoms with Crippen molar-refractivity contribution in [3.8, 4) is 5.75 Å². The molecule has 98 valence electrons. The van der Waals surface area contributed by atoms with Crippen LogP contribution in [0, 0.1) is 6.92 Å². The molecule has 0 spiro atoms. The molecule has 2 aromatic carbocycles. The van der Waals surface area contributed by atoms with Gasteiger partial charge in [-0.1, -0.05) is 27.5 Å². The molecule has 0 saturated heterocycles. The third-order valence-electron chi connectivity index (χ3n) is 3.50. The Morgan fingerprint density at radius 1 is 1.32 bits per heavy atom. The highest BCUT2D eigenvalue weighted by atomic mass is 79.9. The predicted molar refractivity (Wildman–Crippen MR) is 82.1 cm³/mol. The van der Waals surface area contributed by atoms with Crippen molar-refractivity contribution in [3.05, 3.63) is 56.5 Å². The quantitative estimate of drug-likeness (QED) is 0.781. The van der Waals surface area contributed by atoms with Gasteiger partial charge in [-0.05, 0) is 54.8 Å². The summed E-state index contributed by atoms with van der Waals surface area (Å²) in [6, 6.07) is 9.70. The highest BCUT2D eigenvalue weighted by Gasteiger charge is 2.25. The molecule has 1 atom stereocenters. The third-order valence-corrected chi connectivity index (χ3v) is 4.19. The fraction of sp³-hybridized carbons (Fsp3) is 0.200. The molecule has 0 bridgehead atoms. The Labute approximate surface area is 125 Å². The first-order chi connectivity index (χ1) is 9.04. The number of hydrogen-bond acceptors (Lipinski definition) is 2. The van der Waals surface area contributed by atoms with E-state index in [1.807, 2.05) is 31.2 Å². The van der Waals surface area contributed by atoms with Gasteiger partial charge in [-0.25, -0.2) is 0 Å². The number of benzene rings is 2. The Morgan fingerprint density at radius 2 is 2.11 bits per heavy atom. The van der Waals surface area contributed by atoms with Gasteiger partial charge in [0.15, 0.2) is 0 Å². The summed E-state index contributed by atoms with van der Waals surface area (Å²) in [5.41, 5.74) is 4.31. The van der Waals surface area contributed by atoms with Crippen LogP contribution in [0.15, 0.2) is 34.8 Å². The van der Waals surface area contributed by atoms with Crippen molar-refractivity contribution < 1.29 is 5.11 Å². The van der Waals surface area contributed by atoms with Gasteiger partial charge in [0, 0.05) is 20.7 Å². The number of phenolic OH excluding ortho intramolecular Hbond substituents is 1. The van der Waals surface area contributed by atoms with Crippen LogP contribution < -0.4 is 5.32 Å². The average Bonchev–Trinajstić information content (AvgIpc) is 2.69. The Bertz CT molecular complexity index is 634. The van der Waals surface area contributed by atoms with Gasteiger partial charge < -0.3 is 10.4 Å². The zero-order valence-corrected chi connectivity index (χ0v) is 12.7. The molecule has 0 unspecified atom stereocenters. The van der Waals surface area contributed by atoms with Crippen molar-refractivity contribution >= 4 is 33.2 Å². The second kappa shape index (κ2) is 4.73. The van der Waals surface area contributed by atoms with Crippen LogP contribution in [-0.2, 0) is 6.42 Å². The number of fused-ring (bicyclic) bond motifs is 1. The summed E-state index contributed by atoms with van der Waals surface area (Å²) in [6.45, 7) is 2.01. The lowest BCUT2D eigenvalue weighted by molar-refractivity contribution is 0.463. The molecule has 2 nitrogen and oxygen atoms in total. The van der Waals surface area contributed by atoms with E-state index in [2.05, 4.69) is 21.2 Å². The van der Waals surface area contributed by atoms with E-state index in [0.29, 0.717) is 5.75 Å². The molecule has 0 amide bonds. The highest BCUT2D eigenvalue weighted by molar-refractivity contribution is 9.10. The van der Waals surface area contributed by atoms with Crippen molar-refractivity contribution in [1.82, 2.24) is 0 Å². The van der Waals surface area contributed by atoms with E-state index in [4.69, 9.17) is 11.6 Å². The molecule has 0 saturated carbocycles. The minimum atomic E-state index is 0.0987. The zero-order chi connectivity index (χ0) is 13.6. The van der Waals surface area contributed by atoms with Crippen molar-refractivity contribution in [3.63, 3.8) is 0 Å². The first-order valence-corrected chi connectivity index (χ1v) is 7.25. The average molecular weight is 339 g/mol. The number of nitrogens with one attached hydrogen (secondary N) is 1. The zero-order valence-electron chi connectivity index (χ0n) is 10.4. The summed E-state index contributed by atoms with van der Waals surface area (Å²) in [7, 11) is 0. The lowest BCUT2D eigenvalue weighted by Crippen LogP contribution is -2.08. The highest BCUT2D eigenvalue weighted by Crippen LogP contribution is 2.40. The molecule has 1 aliphatic heterocycles. The van der Waals surface area contributed by atoms with Gasteiger partial charge in [-0.15, -0.1) is 0 Å². The smallest absolute Gasteiger partial charge is 0.122 e. The summed E-state index contributed by atoms with van der Waals surface area (Å²) in [5.74, 6) is 0.322. The maximum atomic E-state index is 10.2. The normalized spacial score (nSPS) is 17.1. The summed E-state index contributed by atoms with van der Waals surface area (Å²) in [6.07, 6.45) is 0.839. The predicted octanol–water partition coefficient (Wildman–Crippen LogP) is 4.83. The maximum Gasteiger partial charge on any atom is 0.122 e. The van der Waals surface area contributed by atoms with E-state index >= 15 is 0 Å². The van der Waals surface area contributed by atoms with E-state index in [1.54, 1.807) is 6.07 Å². The molecule has 0 radical (unpaired) electrons. The van der Waals surface area contributed by atoms with Gasteiger partial charge in [0.25, 0.3) is 0 Å². The summed E-state index contributed by atoms with van der Waals surface area (Å²) in [5, 5.41) is 14.4. The first-order valence-electron chi connectivity index (χ1n) is 6.08. The second-order valence-electron chi connectivity index (χ2n) is 4.86. The van der Waals surface area contributed by atoms with Crippen LogP contribution in [0.1, 0.15) is 22.7 Å². The van der Waals surface area contributed by atoms with E-state index in [9.17, 15) is 5.11 Å². The molecule has 0 aromatic heterocycles. The fourth-order valence-electron chi connectivity index (χ4n) is 2.69. The summed E-state index contributed by atoms with van der Waals surface area (Å²) >= 11 is 9.41. The van der Waals surface area contributed by atoms with Gasteiger partial charge >= 0.3 is 0 Å².